The Hall–Kier alpha value is -1.13. The van der Waals surface area contributed by atoms with E-state index in [1.165, 1.54) is 18.4 Å². The molecule has 0 saturated heterocycles. The summed E-state index contributed by atoms with van der Waals surface area (Å²) in [5, 5.41) is 3.37. The van der Waals surface area contributed by atoms with Crippen LogP contribution in [0.15, 0.2) is 18.3 Å². The number of nitrogens with zero attached hydrogens (tertiary/aromatic N) is 2. The van der Waals surface area contributed by atoms with Gasteiger partial charge < -0.3 is 15.0 Å². The Labute approximate surface area is 122 Å². The van der Waals surface area contributed by atoms with Crippen LogP contribution in [0.5, 0.6) is 0 Å². The molecule has 4 nitrogen and oxygen atoms in total. The third kappa shape index (κ3) is 4.18. The van der Waals surface area contributed by atoms with Crippen LogP contribution in [0.2, 0.25) is 0 Å². The monoisotopic (exact) mass is 277 g/mol. The van der Waals surface area contributed by atoms with Gasteiger partial charge in [-0.3, -0.25) is 0 Å². The second kappa shape index (κ2) is 7.60. The van der Waals surface area contributed by atoms with Crippen LogP contribution < -0.4 is 10.2 Å². The summed E-state index contributed by atoms with van der Waals surface area (Å²) in [4.78, 5) is 6.97. The lowest BCUT2D eigenvalue weighted by Crippen LogP contribution is -2.38. The Balaban J connectivity index is 2.09. The van der Waals surface area contributed by atoms with Gasteiger partial charge in [0.1, 0.15) is 5.82 Å². The zero-order valence-corrected chi connectivity index (χ0v) is 12.9. The molecule has 0 radical (unpaired) electrons. The molecule has 1 heterocycles. The lowest BCUT2D eigenvalue weighted by Gasteiger charge is -2.30. The van der Waals surface area contributed by atoms with Gasteiger partial charge >= 0.3 is 0 Å². The standard InChI is InChI=1S/C16H27N3O/c1-4-17-12-14-7-8-18-16(11-14)19(9-10-20-3)13(2)15-5-6-15/h7-8,11,13,15,17H,4-6,9-10,12H2,1-3H3. The summed E-state index contributed by atoms with van der Waals surface area (Å²) >= 11 is 0. The Bertz CT molecular complexity index is 406. The first kappa shape index (κ1) is 15.3. The molecule has 1 aromatic heterocycles. The van der Waals surface area contributed by atoms with Crippen molar-refractivity contribution in [2.45, 2.75) is 39.3 Å². The van der Waals surface area contributed by atoms with Gasteiger partial charge in [-0.25, -0.2) is 4.98 Å². The van der Waals surface area contributed by atoms with Crippen LogP contribution in [0.4, 0.5) is 5.82 Å². The Morgan fingerprint density at radius 1 is 1.50 bits per heavy atom. The van der Waals surface area contributed by atoms with Crippen LogP contribution in [0.3, 0.4) is 0 Å². The molecule has 0 aromatic carbocycles. The van der Waals surface area contributed by atoms with Crippen molar-refractivity contribution in [2.75, 3.05) is 31.7 Å². The summed E-state index contributed by atoms with van der Waals surface area (Å²) in [7, 11) is 1.76. The number of aromatic nitrogens is 1. The molecular weight excluding hydrogens is 250 g/mol. The fourth-order valence-electron chi connectivity index (χ4n) is 2.55. The van der Waals surface area contributed by atoms with Gasteiger partial charge in [0, 0.05) is 32.4 Å². The Kier molecular flexibility index (Phi) is 5.80. The summed E-state index contributed by atoms with van der Waals surface area (Å²) in [6.07, 6.45) is 4.62. The van der Waals surface area contributed by atoms with Crippen molar-refractivity contribution in [3.05, 3.63) is 23.9 Å². The van der Waals surface area contributed by atoms with Crippen LogP contribution in [0.25, 0.3) is 0 Å². The molecule has 0 aliphatic heterocycles. The van der Waals surface area contributed by atoms with Crippen LogP contribution in [-0.2, 0) is 11.3 Å². The summed E-state index contributed by atoms with van der Waals surface area (Å²) < 4.78 is 5.26. The van der Waals surface area contributed by atoms with Gasteiger partial charge in [0.05, 0.1) is 6.61 Å². The molecule has 1 atom stereocenters. The molecule has 1 aliphatic rings. The second-order valence-electron chi connectivity index (χ2n) is 5.57. The normalized spacial score (nSPS) is 16.1. The van der Waals surface area contributed by atoms with E-state index in [0.29, 0.717) is 6.04 Å². The molecule has 20 heavy (non-hydrogen) atoms. The number of methoxy groups -OCH3 is 1. The molecule has 1 aliphatic carbocycles. The first-order chi connectivity index (χ1) is 9.76. The van der Waals surface area contributed by atoms with Crippen molar-refractivity contribution in [1.29, 1.82) is 0 Å². The predicted molar refractivity (Wildman–Crippen MR) is 83.0 cm³/mol. The molecule has 1 unspecified atom stereocenters. The summed E-state index contributed by atoms with van der Waals surface area (Å²) in [5.74, 6) is 1.91. The van der Waals surface area contributed by atoms with Gasteiger partial charge in [0.25, 0.3) is 0 Å². The van der Waals surface area contributed by atoms with Crippen LogP contribution in [0, 0.1) is 5.92 Å². The molecule has 0 spiro atoms. The summed E-state index contributed by atoms with van der Waals surface area (Å²) in [6.45, 7) is 7.99. The topological polar surface area (TPSA) is 37.4 Å². The van der Waals surface area contributed by atoms with E-state index in [0.717, 1.165) is 38.0 Å². The quantitative estimate of drug-likeness (QED) is 0.752. The van der Waals surface area contributed by atoms with Gasteiger partial charge in [-0.15, -0.1) is 0 Å². The van der Waals surface area contributed by atoms with Gasteiger partial charge in [-0.2, -0.15) is 0 Å². The average Bonchev–Trinajstić information content (AvgIpc) is 3.30. The zero-order valence-electron chi connectivity index (χ0n) is 12.9. The number of nitrogens with one attached hydrogen (secondary N) is 1. The minimum atomic E-state index is 0.548. The molecule has 4 heteroatoms. The summed E-state index contributed by atoms with van der Waals surface area (Å²) in [5.41, 5.74) is 1.29. The van der Waals surface area contributed by atoms with E-state index in [1.54, 1.807) is 7.11 Å². The minimum Gasteiger partial charge on any atom is -0.383 e. The van der Waals surface area contributed by atoms with Crippen LogP contribution in [-0.4, -0.2) is 37.8 Å². The second-order valence-corrected chi connectivity index (χ2v) is 5.57. The van der Waals surface area contributed by atoms with Crippen LogP contribution in [0.1, 0.15) is 32.3 Å². The van der Waals surface area contributed by atoms with Gasteiger partial charge in [0.15, 0.2) is 0 Å². The highest BCUT2D eigenvalue weighted by atomic mass is 16.5. The van der Waals surface area contributed by atoms with Crippen molar-refractivity contribution in [2.24, 2.45) is 5.92 Å². The molecule has 1 fully saturated rings. The van der Waals surface area contributed by atoms with E-state index in [9.17, 15) is 0 Å². The van der Waals surface area contributed by atoms with Crippen molar-refractivity contribution >= 4 is 5.82 Å². The van der Waals surface area contributed by atoms with Gasteiger partial charge in [0.2, 0.25) is 0 Å². The van der Waals surface area contributed by atoms with E-state index in [1.807, 2.05) is 6.20 Å². The van der Waals surface area contributed by atoms with E-state index < -0.39 is 0 Å². The van der Waals surface area contributed by atoms with Gasteiger partial charge in [-0.05, 0) is 49.9 Å². The summed E-state index contributed by atoms with van der Waals surface area (Å²) in [6, 6.07) is 4.84. The maximum atomic E-state index is 5.26. The zero-order chi connectivity index (χ0) is 14.4. The first-order valence-corrected chi connectivity index (χ1v) is 7.67. The first-order valence-electron chi connectivity index (χ1n) is 7.67. The van der Waals surface area contributed by atoms with Crippen LogP contribution >= 0.6 is 0 Å². The van der Waals surface area contributed by atoms with E-state index >= 15 is 0 Å². The molecular formula is C16H27N3O. The molecule has 0 bridgehead atoms. The molecule has 112 valence electrons. The fraction of sp³-hybridized carbons (Fsp3) is 0.688. The highest BCUT2D eigenvalue weighted by molar-refractivity contribution is 5.42. The molecule has 2 rings (SSSR count). The highest BCUT2D eigenvalue weighted by Crippen LogP contribution is 2.36. The number of hydrogen-bond acceptors (Lipinski definition) is 4. The smallest absolute Gasteiger partial charge is 0.129 e. The fourth-order valence-corrected chi connectivity index (χ4v) is 2.55. The maximum Gasteiger partial charge on any atom is 0.129 e. The third-order valence-corrected chi connectivity index (χ3v) is 4.02. The van der Waals surface area contributed by atoms with Crippen molar-refractivity contribution in [3.63, 3.8) is 0 Å². The number of rotatable bonds is 9. The minimum absolute atomic E-state index is 0.548. The maximum absolute atomic E-state index is 5.26. The van der Waals surface area contributed by atoms with E-state index in [2.05, 4.69) is 41.2 Å². The largest absolute Gasteiger partial charge is 0.383 e. The lowest BCUT2D eigenvalue weighted by molar-refractivity contribution is 0.202. The van der Waals surface area contributed by atoms with Crippen molar-refractivity contribution in [1.82, 2.24) is 10.3 Å². The molecule has 0 amide bonds. The number of anilines is 1. The van der Waals surface area contributed by atoms with Gasteiger partial charge in [-0.1, -0.05) is 6.92 Å². The van der Waals surface area contributed by atoms with E-state index in [4.69, 9.17) is 4.74 Å². The number of ether oxygens (including phenoxy) is 1. The van der Waals surface area contributed by atoms with Crippen molar-refractivity contribution in [3.8, 4) is 0 Å². The third-order valence-electron chi connectivity index (χ3n) is 4.02. The predicted octanol–water partition coefficient (Wildman–Crippen LogP) is 2.44. The highest BCUT2D eigenvalue weighted by Gasteiger charge is 2.32. The Morgan fingerprint density at radius 2 is 2.30 bits per heavy atom. The molecule has 1 N–H and O–H groups in total. The average molecular weight is 277 g/mol. The SMILES string of the molecule is CCNCc1ccnc(N(CCOC)C(C)C2CC2)c1. The number of hydrogen-bond donors (Lipinski definition) is 1. The van der Waals surface area contributed by atoms with E-state index in [-0.39, 0.29) is 0 Å². The molecule has 1 aromatic rings. The molecule has 1 saturated carbocycles. The Morgan fingerprint density at radius 3 is 2.95 bits per heavy atom. The number of pyridine rings is 1. The lowest BCUT2D eigenvalue weighted by atomic mass is 10.1. The van der Waals surface area contributed by atoms with Crippen molar-refractivity contribution < 1.29 is 4.74 Å².